The Morgan fingerprint density at radius 1 is 1.19 bits per heavy atom. The maximum Gasteiger partial charge on any atom is 0.419 e. The van der Waals surface area contributed by atoms with Crippen molar-refractivity contribution >= 4 is 35.4 Å². The summed E-state index contributed by atoms with van der Waals surface area (Å²) in [6.07, 6.45) is 3.41. The number of carbonyl (C=O) groups excluding carboxylic acids is 1. The molecule has 202 valence electrons. The molecule has 2 rings (SSSR count). The van der Waals surface area contributed by atoms with Crippen LogP contribution in [0.4, 0.5) is 24.5 Å². The molecule has 4 N–H and O–H groups in total. The fraction of sp³-hybridized carbons (Fsp3) is 0.423. The van der Waals surface area contributed by atoms with E-state index in [0.717, 1.165) is 18.7 Å². The number of morpholine rings is 1. The molecule has 1 aromatic rings. The van der Waals surface area contributed by atoms with Crippen molar-refractivity contribution in [3.05, 3.63) is 52.9 Å². The van der Waals surface area contributed by atoms with Crippen molar-refractivity contribution in [3.63, 3.8) is 0 Å². The Hall–Kier alpha value is -3.60. The first-order valence-electron chi connectivity index (χ1n) is 12.0. The van der Waals surface area contributed by atoms with Crippen LogP contribution in [0.5, 0.6) is 0 Å². The maximum atomic E-state index is 13.7. The summed E-state index contributed by atoms with van der Waals surface area (Å²) in [5.41, 5.74) is 1.32. The number of amidine groups is 1. The number of nitrogens with one attached hydrogen (secondary N) is 4. The number of rotatable bonds is 10. The summed E-state index contributed by atoms with van der Waals surface area (Å²) in [7, 11) is 3.07. The Morgan fingerprint density at radius 3 is 2.43 bits per heavy atom. The molecule has 0 radical (unpaired) electrons. The van der Waals surface area contributed by atoms with Gasteiger partial charge in [-0.15, -0.1) is 0 Å². The number of unbranched alkanes of at least 4 members (excludes halogenated alkanes) is 1. The van der Waals surface area contributed by atoms with Gasteiger partial charge < -0.3 is 31.0 Å². The van der Waals surface area contributed by atoms with Crippen molar-refractivity contribution in [2.75, 3.05) is 51.0 Å². The molecular formula is C26H35F3N6O2. The third-order valence-corrected chi connectivity index (χ3v) is 5.49. The largest absolute Gasteiger partial charge is 0.419 e. The van der Waals surface area contributed by atoms with Gasteiger partial charge in [-0.25, -0.2) is 4.99 Å². The number of hydrogen-bond donors (Lipinski definition) is 4. The first kappa shape index (κ1) is 29.6. The number of halogens is 3. The minimum Gasteiger partial charge on any atom is -0.388 e. The molecule has 0 saturated carbocycles. The Balaban J connectivity index is 2.42. The molecule has 1 heterocycles. The average Bonchev–Trinajstić information content (AvgIpc) is 2.88. The minimum absolute atomic E-state index is 0.141. The summed E-state index contributed by atoms with van der Waals surface area (Å²) in [6.45, 7) is 5.46. The summed E-state index contributed by atoms with van der Waals surface area (Å²) in [4.78, 5) is 18.3. The average molecular weight is 521 g/mol. The van der Waals surface area contributed by atoms with E-state index < -0.39 is 11.7 Å². The molecule has 1 fully saturated rings. The first-order chi connectivity index (χ1) is 17.6. The van der Waals surface area contributed by atoms with Crippen LogP contribution in [0.1, 0.15) is 37.8 Å². The van der Waals surface area contributed by atoms with E-state index in [2.05, 4.69) is 20.9 Å². The quantitative estimate of drug-likeness (QED) is 0.154. The van der Waals surface area contributed by atoms with Gasteiger partial charge >= 0.3 is 6.18 Å². The van der Waals surface area contributed by atoms with Gasteiger partial charge in [0.25, 0.3) is 0 Å². The third kappa shape index (κ3) is 8.78. The van der Waals surface area contributed by atoms with Crippen molar-refractivity contribution in [2.45, 2.75) is 32.9 Å². The highest BCUT2D eigenvalue weighted by atomic mass is 19.4. The van der Waals surface area contributed by atoms with E-state index in [9.17, 15) is 18.0 Å². The van der Waals surface area contributed by atoms with Crippen molar-refractivity contribution in [1.29, 1.82) is 5.41 Å². The van der Waals surface area contributed by atoms with Gasteiger partial charge in [0.15, 0.2) is 0 Å². The Kier molecular flexibility index (Phi) is 11.4. The van der Waals surface area contributed by atoms with E-state index >= 15 is 0 Å². The van der Waals surface area contributed by atoms with E-state index in [-0.39, 0.29) is 17.6 Å². The Bertz CT molecular complexity index is 1070. The van der Waals surface area contributed by atoms with Crippen molar-refractivity contribution < 1.29 is 22.7 Å². The van der Waals surface area contributed by atoms with E-state index in [1.165, 1.54) is 19.2 Å². The lowest BCUT2D eigenvalue weighted by Gasteiger charge is -2.25. The SMILES string of the molecule is CCC/C=C/C(=C(\N=C(/C)Nc1cc(/C=C/C(=O)N2CCOCC2)cc(NC)c1C=N)NC)C(F)(F)F. The van der Waals surface area contributed by atoms with Gasteiger partial charge in [-0.3, -0.25) is 4.79 Å². The topological polar surface area (TPSA) is 102 Å². The number of carbonyl (C=O) groups is 1. The highest BCUT2D eigenvalue weighted by Crippen LogP contribution is 2.30. The summed E-state index contributed by atoms with van der Waals surface area (Å²) in [6, 6.07) is 3.48. The smallest absolute Gasteiger partial charge is 0.388 e. The van der Waals surface area contributed by atoms with Crippen molar-refractivity contribution in [1.82, 2.24) is 10.2 Å². The number of ether oxygens (including phenoxy) is 1. The lowest BCUT2D eigenvalue weighted by Crippen LogP contribution is -2.39. The van der Waals surface area contributed by atoms with Gasteiger partial charge in [0, 0.05) is 50.7 Å². The van der Waals surface area contributed by atoms with Gasteiger partial charge in [-0.1, -0.05) is 25.5 Å². The van der Waals surface area contributed by atoms with Crippen molar-refractivity contribution in [3.8, 4) is 0 Å². The molecule has 0 spiro atoms. The van der Waals surface area contributed by atoms with Crippen LogP contribution in [0.25, 0.3) is 6.08 Å². The molecule has 11 heteroatoms. The lowest BCUT2D eigenvalue weighted by molar-refractivity contribution is -0.129. The summed E-state index contributed by atoms with van der Waals surface area (Å²) in [5, 5.41) is 16.4. The second-order valence-corrected chi connectivity index (χ2v) is 8.22. The molecule has 1 aliphatic rings. The number of aliphatic imine (C=N–C) groups is 1. The Morgan fingerprint density at radius 2 is 1.86 bits per heavy atom. The van der Waals surface area contributed by atoms with Gasteiger partial charge in [-0.05, 0) is 37.1 Å². The Labute approximate surface area is 215 Å². The zero-order valence-corrected chi connectivity index (χ0v) is 21.6. The molecule has 0 aliphatic carbocycles. The number of hydrogen-bond acceptors (Lipinski definition) is 6. The molecule has 8 nitrogen and oxygen atoms in total. The van der Waals surface area contributed by atoms with Crippen LogP contribution >= 0.6 is 0 Å². The predicted molar refractivity (Wildman–Crippen MR) is 143 cm³/mol. The fourth-order valence-corrected chi connectivity index (χ4v) is 3.61. The van der Waals surface area contributed by atoms with Crippen LogP contribution < -0.4 is 16.0 Å². The summed E-state index contributed by atoms with van der Waals surface area (Å²) >= 11 is 0. The first-order valence-corrected chi connectivity index (χ1v) is 12.0. The standard InChI is InChI=1S/C26H35F3N6O2/c1-5-6-7-8-21(26(27,28)29)25(32-4)34-18(2)33-23-16-19(15-22(31-3)20(23)17-30)9-10-24(36)35-11-13-37-14-12-35/h7-10,15-17,30-32H,5-6,11-14H2,1-4H3,(H,33,34)/b8-7+,10-9+,25-21+,30-17?. The number of anilines is 2. The summed E-state index contributed by atoms with van der Waals surface area (Å²) in [5.74, 6) is -0.287. The van der Waals surface area contributed by atoms with E-state index in [1.807, 2.05) is 6.92 Å². The zero-order valence-electron chi connectivity index (χ0n) is 21.6. The fourth-order valence-electron chi connectivity index (χ4n) is 3.61. The molecular weight excluding hydrogens is 485 g/mol. The number of allylic oxidation sites excluding steroid dienone is 3. The van der Waals surface area contributed by atoms with Gasteiger partial charge in [0.1, 0.15) is 11.7 Å². The molecule has 1 saturated heterocycles. The highest BCUT2D eigenvalue weighted by Gasteiger charge is 2.35. The van der Waals surface area contributed by atoms with Crippen molar-refractivity contribution in [2.24, 2.45) is 4.99 Å². The molecule has 1 amide bonds. The van der Waals surface area contributed by atoms with Crippen LogP contribution in [-0.4, -0.2) is 69.4 Å². The van der Waals surface area contributed by atoms with Crippen LogP contribution in [0, 0.1) is 5.41 Å². The predicted octanol–water partition coefficient (Wildman–Crippen LogP) is 4.78. The molecule has 0 aromatic heterocycles. The second-order valence-electron chi connectivity index (χ2n) is 8.22. The van der Waals surface area contributed by atoms with Crippen LogP contribution in [0.15, 0.2) is 46.7 Å². The van der Waals surface area contributed by atoms with Gasteiger partial charge in [0.2, 0.25) is 5.91 Å². The molecule has 0 bridgehead atoms. The number of nitrogens with zero attached hydrogens (tertiary/aromatic N) is 2. The molecule has 1 aromatic carbocycles. The van der Waals surface area contributed by atoms with Crippen LogP contribution in [0.2, 0.25) is 0 Å². The van der Waals surface area contributed by atoms with Crippen LogP contribution in [0.3, 0.4) is 0 Å². The normalized spacial score (nSPS) is 15.6. The number of amides is 1. The third-order valence-electron chi connectivity index (χ3n) is 5.49. The van der Waals surface area contributed by atoms with E-state index in [1.54, 1.807) is 37.1 Å². The van der Waals surface area contributed by atoms with E-state index in [0.29, 0.717) is 55.2 Å². The summed E-state index contributed by atoms with van der Waals surface area (Å²) < 4.78 is 46.4. The van der Waals surface area contributed by atoms with E-state index in [4.69, 9.17) is 10.1 Å². The van der Waals surface area contributed by atoms with Gasteiger partial charge in [-0.2, -0.15) is 13.2 Å². The number of benzene rings is 1. The second kappa shape index (κ2) is 14.2. The lowest BCUT2D eigenvalue weighted by atomic mass is 10.1. The maximum absolute atomic E-state index is 13.7. The minimum atomic E-state index is -4.59. The monoisotopic (exact) mass is 520 g/mol. The number of alkyl halides is 3. The highest BCUT2D eigenvalue weighted by molar-refractivity contribution is 6.03. The zero-order chi connectivity index (χ0) is 27.4. The molecule has 0 atom stereocenters. The molecule has 0 unspecified atom stereocenters. The molecule has 37 heavy (non-hydrogen) atoms. The van der Waals surface area contributed by atoms with Crippen LogP contribution in [-0.2, 0) is 9.53 Å². The molecule has 1 aliphatic heterocycles. The van der Waals surface area contributed by atoms with Gasteiger partial charge in [0.05, 0.1) is 24.5 Å².